The summed E-state index contributed by atoms with van der Waals surface area (Å²) in [5, 5.41) is 0.796. The molecule has 3 aromatic rings. The Labute approximate surface area is 129 Å². The fraction of sp³-hybridized carbons (Fsp3) is 0.188. The number of hydrogen-bond donors (Lipinski definition) is 0. The van der Waals surface area contributed by atoms with E-state index >= 15 is 0 Å². The highest BCUT2D eigenvalue weighted by atomic mass is 79.9. The third-order valence-corrected chi connectivity index (χ3v) is 5.30. The number of hydrogen-bond acceptors (Lipinski definition) is 2. The lowest BCUT2D eigenvalue weighted by Gasteiger charge is -2.14. The monoisotopic (exact) mass is 347 g/mol. The summed E-state index contributed by atoms with van der Waals surface area (Å²) < 4.78 is 3.75. The third kappa shape index (κ3) is 2.23. The zero-order valence-electron chi connectivity index (χ0n) is 11.3. The molecule has 0 radical (unpaired) electrons. The maximum atomic E-state index is 12.2. The smallest absolute Gasteiger partial charge is 0.259 e. The highest BCUT2D eigenvalue weighted by Gasteiger charge is 2.16. The molecule has 0 aliphatic rings. The zero-order chi connectivity index (χ0) is 14.3. The van der Waals surface area contributed by atoms with Gasteiger partial charge in [0, 0.05) is 23.9 Å². The molecule has 0 aliphatic carbocycles. The van der Waals surface area contributed by atoms with E-state index in [9.17, 15) is 4.79 Å². The fourth-order valence-corrected chi connectivity index (χ4v) is 4.17. The largest absolute Gasteiger partial charge is 0.318 e. The summed E-state index contributed by atoms with van der Waals surface area (Å²) in [6, 6.07) is 12.3. The van der Waals surface area contributed by atoms with Gasteiger partial charge in [0.25, 0.3) is 5.56 Å². The van der Waals surface area contributed by atoms with E-state index in [2.05, 4.69) is 47.1 Å². The van der Waals surface area contributed by atoms with Gasteiger partial charge >= 0.3 is 0 Å². The van der Waals surface area contributed by atoms with Crippen LogP contribution in [0.5, 0.6) is 0 Å². The van der Waals surface area contributed by atoms with Crippen molar-refractivity contribution in [2.45, 2.75) is 12.8 Å². The van der Waals surface area contributed by atoms with E-state index in [1.807, 2.05) is 25.4 Å². The third-order valence-electron chi connectivity index (χ3n) is 3.61. The molecule has 0 fully saturated rings. The molecule has 1 atom stereocenters. The fourth-order valence-electron chi connectivity index (χ4n) is 2.48. The summed E-state index contributed by atoms with van der Waals surface area (Å²) in [5.74, 6) is 0.260. The van der Waals surface area contributed by atoms with Gasteiger partial charge in [0.2, 0.25) is 0 Å². The van der Waals surface area contributed by atoms with E-state index in [1.54, 1.807) is 15.9 Å². The Morgan fingerprint density at radius 3 is 2.65 bits per heavy atom. The van der Waals surface area contributed by atoms with Gasteiger partial charge in [0.05, 0.1) is 9.17 Å². The number of thiophene rings is 1. The van der Waals surface area contributed by atoms with Gasteiger partial charge in [0.15, 0.2) is 0 Å². The molecule has 1 aromatic carbocycles. The Morgan fingerprint density at radius 2 is 1.95 bits per heavy atom. The van der Waals surface area contributed by atoms with Crippen molar-refractivity contribution in [3.63, 3.8) is 0 Å². The summed E-state index contributed by atoms with van der Waals surface area (Å²) in [7, 11) is 1.81. The van der Waals surface area contributed by atoms with Crippen LogP contribution in [0.15, 0.2) is 51.2 Å². The van der Waals surface area contributed by atoms with Crippen molar-refractivity contribution >= 4 is 37.4 Å². The molecule has 0 spiro atoms. The minimum Gasteiger partial charge on any atom is -0.318 e. The minimum absolute atomic E-state index is 0.0611. The molecule has 0 bridgehead atoms. The Hall–Kier alpha value is -1.39. The number of halogens is 1. The molecular formula is C16H14BrNOS. The topological polar surface area (TPSA) is 22.0 Å². The van der Waals surface area contributed by atoms with Gasteiger partial charge in [-0.1, -0.05) is 37.3 Å². The quantitative estimate of drug-likeness (QED) is 0.668. The van der Waals surface area contributed by atoms with Crippen LogP contribution in [-0.4, -0.2) is 4.57 Å². The predicted molar refractivity (Wildman–Crippen MR) is 88.7 cm³/mol. The lowest BCUT2D eigenvalue weighted by atomic mass is 9.94. The van der Waals surface area contributed by atoms with Crippen molar-refractivity contribution in [3.05, 3.63) is 67.9 Å². The van der Waals surface area contributed by atoms with Crippen LogP contribution in [0.1, 0.15) is 24.0 Å². The summed E-state index contributed by atoms with van der Waals surface area (Å²) in [4.78, 5) is 12.2. The second kappa shape index (κ2) is 5.19. The van der Waals surface area contributed by atoms with Gasteiger partial charge in [-0.15, -0.1) is 11.3 Å². The van der Waals surface area contributed by atoms with Crippen molar-refractivity contribution in [1.29, 1.82) is 0 Å². The maximum absolute atomic E-state index is 12.2. The van der Waals surface area contributed by atoms with E-state index in [0.717, 1.165) is 13.9 Å². The molecule has 2 heterocycles. The van der Waals surface area contributed by atoms with Crippen LogP contribution >= 0.6 is 27.3 Å². The van der Waals surface area contributed by atoms with Gasteiger partial charge in [-0.05, 0) is 33.1 Å². The number of aryl methyl sites for hydroxylation is 1. The first-order valence-corrected chi connectivity index (χ1v) is 8.02. The van der Waals surface area contributed by atoms with Crippen LogP contribution in [0.2, 0.25) is 0 Å². The maximum Gasteiger partial charge on any atom is 0.259 e. The molecular weight excluding hydrogens is 334 g/mol. The molecule has 0 aliphatic heterocycles. The van der Waals surface area contributed by atoms with E-state index < -0.39 is 0 Å². The van der Waals surface area contributed by atoms with Crippen LogP contribution in [-0.2, 0) is 7.05 Å². The number of fused-ring (bicyclic) bond motifs is 1. The Bertz CT molecular complexity index is 820. The molecule has 20 heavy (non-hydrogen) atoms. The van der Waals surface area contributed by atoms with Crippen LogP contribution in [0.25, 0.3) is 10.1 Å². The highest BCUT2D eigenvalue weighted by molar-refractivity contribution is 9.11. The first-order chi connectivity index (χ1) is 9.58. The van der Waals surface area contributed by atoms with E-state index in [4.69, 9.17) is 0 Å². The highest BCUT2D eigenvalue weighted by Crippen LogP contribution is 2.35. The van der Waals surface area contributed by atoms with E-state index in [-0.39, 0.29) is 11.5 Å². The van der Waals surface area contributed by atoms with Crippen LogP contribution in [0, 0.1) is 0 Å². The minimum atomic E-state index is 0.0611. The average molecular weight is 348 g/mol. The Balaban J connectivity index is 2.26. The summed E-state index contributed by atoms with van der Waals surface area (Å²) in [6.07, 6.45) is 1.96. The second-order valence-electron chi connectivity index (χ2n) is 4.93. The standard InChI is InChI=1S/C16H14BrNOS/c1-10(11-6-4-3-5-7-11)13-9-18(2)16(19)12-8-14(17)20-15(12)13/h3-10H,1-2H3. The van der Waals surface area contributed by atoms with Crippen molar-refractivity contribution in [2.24, 2.45) is 7.05 Å². The molecule has 2 aromatic heterocycles. The summed E-state index contributed by atoms with van der Waals surface area (Å²) in [5.41, 5.74) is 2.52. The second-order valence-corrected chi connectivity index (χ2v) is 7.36. The first-order valence-electron chi connectivity index (χ1n) is 6.41. The number of nitrogens with zero attached hydrogens (tertiary/aromatic N) is 1. The van der Waals surface area contributed by atoms with E-state index in [1.165, 1.54) is 11.1 Å². The molecule has 2 nitrogen and oxygen atoms in total. The summed E-state index contributed by atoms with van der Waals surface area (Å²) >= 11 is 5.12. The van der Waals surface area contributed by atoms with Crippen molar-refractivity contribution in [3.8, 4) is 0 Å². The Morgan fingerprint density at radius 1 is 1.25 bits per heavy atom. The van der Waals surface area contributed by atoms with Gasteiger partial charge in [-0.3, -0.25) is 4.79 Å². The average Bonchev–Trinajstić information content (AvgIpc) is 2.85. The van der Waals surface area contributed by atoms with Crippen LogP contribution < -0.4 is 5.56 Å². The normalized spacial score (nSPS) is 12.8. The number of pyridine rings is 1. The van der Waals surface area contributed by atoms with Crippen molar-refractivity contribution in [2.75, 3.05) is 0 Å². The van der Waals surface area contributed by atoms with Crippen molar-refractivity contribution in [1.82, 2.24) is 4.57 Å². The molecule has 0 amide bonds. The number of benzene rings is 1. The van der Waals surface area contributed by atoms with Crippen LogP contribution in [0.4, 0.5) is 0 Å². The molecule has 4 heteroatoms. The van der Waals surface area contributed by atoms with Crippen LogP contribution in [0.3, 0.4) is 0 Å². The zero-order valence-corrected chi connectivity index (χ0v) is 13.7. The number of aromatic nitrogens is 1. The first kappa shape index (κ1) is 13.6. The molecule has 0 N–H and O–H groups in total. The molecule has 0 saturated heterocycles. The molecule has 3 rings (SSSR count). The van der Waals surface area contributed by atoms with Crippen molar-refractivity contribution < 1.29 is 0 Å². The van der Waals surface area contributed by atoms with E-state index in [0.29, 0.717) is 0 Å². The molecule has 0 saturated carbocycles. The Kier molecular flexibility index (Phi) is 3.52. The lowest BCUT2D eigenvalue weighted by molar-refractivity contribution is 0.832. The molecule has 102 valence electrons. The van der Waals surface area contributed by atoms with Gasteiger partial charge in [0.1, 0.15) is 0 Å². The summed E-state index contributed by atoms with van der Waals surface area (Å²) in [6.45, 7) is 2.18. The van der Waals surface area contributed by atoms with Gasteiger partial charge in [-0.25, -0.2) is 0 Å². The van der Waals surface area contributed by atoms with Gasteiger partial charge < -0.3 is 4.57 Å². The van der Waals surface area contributed by atoms with Gasteiger partial charge in [-0.2, -0.15) is 0 Å². The predicted octanol–water partition coefficient (Wildman–Crippen LogP) is 4.51. The lowest BCUT2D eigenvalue weighted by Crippen LogP contribution is -2.17. The SMILES string of the molecule is CC(c1ccccc1)c1cn(C)c(=O)c2cc(Br)sc12. The molecule has 1 unspecified atom stereocenters. The number of rotatable bonds is 2.